The monoisotopic (exact) mass is 235 g/mol. The summed E-state index contributed by atoms with van der Waals surface area (Å²) < 4.78 is 0. The number of carbonyl (C=O) groups excluding carboxylic acids is 1. The van der Waals surface area contributed by atoms with Crippen LogP contribution in [0.4, 0.5) is 5.69 Å². The maximum atomic E-state index is 11.3. The van der Waals surface area contributed by atoms with Crippen molar-refractivity contribution in [3.8, 4) is 0 Å². The van der Waals surface area contributed by atoms with E-state index >= 15 is 0 Å². The largest absolute Gasteiger partial charge is 0.335 e. The van der Waals surface area contributed by atoms with Crippen molar-refractivity contribution in [2.75, 3.05) is 13.1 Å². The Morgan fingerprint density at radius 3 is 2.65 bits per heavy atom. The molecule has 1 aromatic rings. The average molecular weight is 235 g/mol. The van der Waals surface area contributed by atoms with Crippen molar-refractivity contribution < 1.29 is 9.72 Å². The Morgan fingerprint density at radius 2 is 2.12 bits per heavy atom. The van der Waals surface area contributed by atoms with E-state index in [4.69, 9.17) is 0 Å². The molecular formula is C11H13N3O3. The van der Waals surface area contributed by atoms with Crippen LogP contribution < -0.4 is 5.32 Å². The quantitative estimate of drug-likeness (QED) is 0.627. The van der Waals surface area contributed by atoms with Gasteiger partial charge in [0.2, 0.25) is 5.91 Å². The summed E-state index contributed by atoms with van der Waals surface area (Å²) in [5.74, 6) is -0.0183. The molecule has 1 fully saturated rings. The molecule has 1 saturated heterocycles. The average Bonchev–Trinajstić information content (AvgIpc) is 2.70. The van der Waals surface area contributed by atoms with Gasteiger partial charge in [-0.05, 0) is 24.2 Å². The predicted molar refractivity (Wildman–Crippen MR) is 61.2 cm³/mol. The van der Waals surface area contributed by atoms with Crippen LogP contribution in [-0.4, -0.2) is 28.8 Å². The van der Waals surface area contributed by atoms with Gasteiger partial charge in [0.15, 0.2) is 0 Å². The zero-order valence-corrected chi connectivity index (χ0v) is 9.42. The third-order valence-corrected chi connectivity index (χ3v) is 2.84. The molecule has 1 atom stereocenters. The molecule has 0 spiro atoms. The minimum absolute atomic E-state index is 0.0183. The predicted octanol–water partition coefficient (Wildman–Crippen LogP) is 1.05. The molecule has 1 aliphatic heterocycles. The number of carbonyl (C=O) groups is 1. The lowest BCUT2D eigenvalue weighted by Gasteiger charge is -2.21. The minimum atomic E-state index is -0.436. The molecule has 0 bridgehead atoms. The molecule has 2 rings (SSSR count). The number of benzene rings is 1. The van der Waals surface area contributed by atoms with E-state index in [1.54, 1.807) is 12.1 Å². The second-order valence-corrected chi connectivity index (χ2v) is 3.88. The summed E-state index contributed by atoms with van der Waals surface area (Å²) >= 11 is 0. The third-order valence-electron chi connectivity index (χ3n) is 2.84. The number of rotatable bonds is 3. The Morgan fingerprint density at radius 1 is 1.47 bits per heavy atom. The van der Waals surface area contributed by atoms with E-state index in [0.717, 1.165) is 12.1 Å². The minimum Gasteiger partial charge on any atom is -0.335 e. The summed E-state index contributed by atoms with van der Waals surface area (Å²) in [4.78, 5) is 23.4. The van der Waals surface area contributed by atoms with Gasteiger partial charge >= 0.3 is 0 Å². The first-order valence-corrected chi connectivity index (χ1v) is 5.39. The molecule has 6 heteroatoms. The standard InChI is InChI=1S/C11H13N3O3/c1-2-13-7-10(15)12-11(13)8-3-5-9(6-4-8)14(16)17/h3-6,11H,2,7H2,1H3,(H,12,15). The summed E-state index contributed by atoms with van der Waals surface area (Å²) in [5, 5.41) is 13.4. The fourth-order valence-electron chi connectivity index (χ4n) is 1.93. The summed E-state index contributed by atoms with van der Waals surface area (Å²) in [6, 6.07) is 6.26. The normalized spacial score (nSPS) is 20.3. The van der Waals surface area contributed by atoms with Crippen LogP contribution in [0, 0.1) is 10.1 Å². The molecule has 0 aliphatic carbocycles. The van der Waals surface area contributed by atoms with E-state index < -0.39 is 4.92 Å². The molecule has 17 heavy (non-hydrogen) atoms. The smallest absolute Gasteiger partial charge is 0.269 e. The lowest BCUT2D eigenvalue weighted by atomic mass is 10.1. The molecule has 0 radical (unpaired) electrons. The summed E-state index contributed by atoms with van der Waals surface area (Å²) in [6.45, 7) is 3.09. The fraction of sp³-hybridized carbons (Fsp3) is 0.364. The first-order valence-electron chi connectivity index (χ1n) is 5.39. The lowest BCUT2D eigenvalue weighted by molar-refractivity contribution is -0.384. The van der Waals surface area contributed by atoms with Crippen molar-refractivity contribution in [3.05, 3.63) is 39.9 Å². The Balaban J connectivity index is 2.22. The van der Waals surface area contributed by atoms with Gasteiger partial charge < -0.3 is 5.32 Å². The van der Waals surface area contributed by atoms with Crippen LogP contribution in [0.1, 0.15) is 18.7 Å². The Bertz CT molecular complexity index is 444. The zero-order valence-electron chi connectivity index (χ0n) is 9.42. The van der Waals surface area contributed by atoms with Gasteiger partial charge in [-0.15, -0.1) is 0 Å². The summed E-state index contributed by atoms with van der Waals surface area (Å²) in [5.41, 5.74) is 0.921. The molecular weight excluding hydrogens is 222 g/mol. The van der Waals surface area contributed by atoms with Crippen LogP contribution in [0.5, 0.6) is 0 Å². The summed E-state index contributed by atoms with van der Waals surface area (Å²) in [6.07, 6.45) is -0.173. The van der Waals surface area contributed by atoms with Crippen molar-refractivity contribution in [1.82, 2.24) is 10.2 Å². The number of hydrogen-bond donors (Lipinski definition) is 1. The van der Waals surface area contributed by atoms with Gasteiger partial charge in [-0.25, -0.2) is 0 Å². The van der Waals surface area contributed by atoms with Crippen LogP contribution in [0.15, 0.2) is 24.3 Å². The molecule has 1 heterocycles. The van der Waals surface area contributed by atoms with E-state index in [9.17, 15) is 14.9 Å². The molecule has 1 amide bonds. The SMILES string of the molecule is CCN1CC(=O)NC1c1ccc([N+](=O)[O-])cc1. The summed E-state index contributed by atoms with van der Waals surface area (Å²) in [7, 11) is 0. The van der Waals surface area contributed by atoms with Gasteiger partial charge in [0.25, 0.3) is 5.69 Å². The van der Waals surface area contributed by atoms with Gasteiger partial charge in [-0.3, -0.25) is 19.8 Å². The number of hydrogen-bond acceptors (Lipinski definition) is 4. The van der Waals surface area contributed by atoms with E-state index in [0.29, 0.717) is 6.54 Å². The molecule has 1 N–H and O–H groups in total. The van der Waals surface area contributed by atoms with Gasteiger partial charge in [-0.2, -0.15) is 0 Å². The van der Waals surface area contributed by atoms with Crippen LogP contribution in [-0.2, 0) is 4.79 Å². The second-order valence-electron chi connectivity index (χ2n) is 3.88. The second kappa shape index (κ2) is 4.50. The van der Waals surface area contributed by atoms with E-state index in [1.807, 2.05) is 11.8 Å². The van der Waals surface area contributed by atoms with E-state index in [2.05, 4.69) is 5.32 Å². The molecule has 6 nitrogen and oxygen atoms in total. The van der Waals surface area contributed by atoms with Crippen LogP contribution in [0.3, 0.4) is 0 Å². The first-order chi connectivity index (χ1) is 8.11. The third kappa shape index (κ3) is 2.26. The van der Waals surface area contributed by atoms with E-state index in [-0.39, 0.29) is 17.8 Å². The number of non-ortho nitro benzene ring substituents is 1. The number of nitro benzene ring substituents is 1. The maximum Gasteiger partial charge on any atom is 0.269 e. The Hall–Kier alpha value is -1.95. The van der Waals surface area contributed by atoms with Crippen molar-refractivity contribution in [1.29, 1.82) is 0 Å². The molecule has 0 saturated carbocycles. The van der Waals surface area contributed by atoms with Crippen molar-refractivity contribution >= 4 is 11.6 Å². The van der Waals surface area contributed by atoms with Crippen LogP contribution in [0.2, 0.25) is 0 Å². The zero-order chi connectivity index (χ0) is 12.4. The van der Waals surface area contributed by atoms with Crippen molar-refractivity contribution in [2.24, 2.45) is 0 Å². The highest BCUT2D eigenvalue weighted by Crippen LogP contribution is 2.23. The highest BCUT2D eigenvalue weighted by atomic mass is 16.6. The number of likely N-dealkylation sites (N-methyl/N-ethyl adjacent to an activating group) is 1. The first kappa shape index (κ1) is 11.5. The number of nitro groups is 1. The van der Waals surface area contributed by atoms with Crippen molar-refractivity contribution in [3.63, 3.8) is 0 Å². The molecule has 1 aliphatic rings. The topological polar surface area (TPSA) is 75.5 Å². The van der Waals surface area contributed by atoms with Crippen LogP contribution >= 0.6 is 0 Å². The van der Waals surface area contributed by atoms with Gasteiger partial charge in [0.05, 0.1) is 11.5 Å². The lowest BCUT2D eigenvalue weighted by Crippen LogP contribution is -2.27. The highest BCUT2D eigenvalue weighted by Gasteiger charge is 2.29. The van der Waals surface area contributed by atoms with Crippen LogP contribution in [0.25, 0.3) is 0 Å². The van der Waals surface area contributed by atoms with Gasteiger partial charge in [0.1, 0.15) is 6.17 Å². The van der Waals surface area contributed by atoms with Crippen molar-refractivity contribution in [2.45, 2.75) is 13.1 Å². The Labute approximate surface area is 98.4 Å². The number of nitrogens with one attached hydrogen (secondary N) is 1. The Kier molecular flexibility index (Phi) is 3.06. The molecule has 0 aromatic heterocycles. The van der Waals surface area contributed by atoms with E-state index in [1.165, 1.54) is 12.1 Å². The maximum absolute atomic E-state index is 11.3. The highest BCUT2D eigenvalue weighted by molar-refractivity contribution is 5.80. The number of amides is 1. The molecule has 90 valence electrons. The number of nitrogens with zero attached hydrogens (tertiary/aromatic N) is 2. The fourth-order valence-corrected chi connectivity index (χ4v) is 1.93. The molecule has 1 aromatic carbocycles. The van der Waals surface area contributed by atoms with Gasteiger partial charge in [0, 0.05) is 12.1 Å². The molecule has 1 unspecified atom stereocenters. The van der Waals surface area contributed by atoms with Gasteiger partial charge in [-0.1, -0.05) is 6.92 Å².